The molecule has 1 aliphatic rings. The fraction of sp³-hybridized carbons (Fsp3) is 0.520. The highest BCUT2D eigenvalue weighted by Gasteiger charge is 2.24. The van der Waals surface area contributed by atoms with Gasteiger partial charge in [-0.3, -0.25) is 10.1 Å². The Balaban J connectivity index is 1.20. The molecule has 7 nitrogen and oxygen atoms in total. The molecule has 0 spiro atoms. The number of sulfonamides is 1. The highest BCUT2D eigenvalue weighted by Crippen LogP contribution is 2.25. The van der Waals surface area contributed by atoms with Gasteiger partial charge in [-0.2, -0.15) is 0 Å². The number of fused-ring (bicyclic) bond motifs is 1. The van der Waals surface area contributed by atoms with Gasteiger partial charge in [-0.15, -0.1) is 0 Å². The first kappa shape index (κ1) is 25.3. The van der Waals surface area contributed by atoms with Crippen molar-refractivity contribution < 1.29 is 13.3 Å². The van der Waals surface area contributed by atoms with Crippen molar-refractivity contribution in [3.05, 3.63) is 69.8 Å². The summed E-state index contributed by atoms with van der Waals surface area (Å²) < 4.78 is 27.2. The number of para-hydroxylation sites is 1. The number of nitro groups is 1. The first-order valence-electron chi connectivity index (χ1n) is 12.0. The van der Waals surface area contributed by atoms with E-state index < -0.39 is 20.6 Å². The molecule has 2 aromatic carbocycles. The molecule has 0 bridgehead atoms. The van der Waals surface area contributed by atoms with Gasteiger partial charge in [0, 0.05) is 12.6 Å². The molecule has 0 fully saturated rings. The Morgan fingerprint density at radius 2 is 1.52 bits per heavy atom. The lowest BCUT2D eigenvalue weighted by Crippen LogP contribution is -2.28. The molecule has 1 unspecified atom stereocenters. The Morgan fingerprint density at radius 3 is 2.27 bits per heavy atom. The normalized spacial score (nSPS) is 15.8. The van der Waals surface area contributed by atoms with Crippen LogP contribution in [0.4, 0.5) is 5.69 Å². The summed E-state index contributed by atoms with van der Waals surface area (Å²) in [6.45, 7) is 2.43. The van der Waals surface area contributed by atoms with Gasteiger partial charge in [-0.05, 0) is 68.3 Å². The molecule has 8 heteroatoms. The fourth-order valence-corrected chi connectivity index (χ4v) is 5.70. The van der Waals surface area contributed by atoms with Crippen LogP contribution in [0.15, 0.2) is 53.4 Å². The van der Waals surface area contributed by atoms with Gasteiger partial charge < -0.3 is 5.32 Å². The Labute approximate surface area is 197 Å². The van der Waals surface area contributed by atoms with Gasteiger partial charge in [0.05, 0.1) is 4.92 Å². The lowest BCUT2D eigenvalue weighted by molar-refractivity contribution is -0.387. The number of nitro benzene ring substituents is 1. The fourth-order valence-electron chi connectivity index (χ4n) is 4.46. The molecule has 1 atom stereocenters. The second-order valence-corrected chi connectivity index (χ2v) is 10.6. The minimum Gasteiger partial charge on any atom is -0.316 e. The Morgan fingerprint density at radius 1 is 0.879 bits per heavy atom. The van der Waals surface area contributed by atoms with Crippen molar-refractivity contribution in [2.24, 2.45) is 5.92 Å². The summed E-state index contributed by atoms with van der Waals surface area (Å²) in [7, 11) is -3.87. The lowest BCUT2D eigenvalue weighted by Gasteiger charge is -2.24. The summed E-state index contributed by atoms with van der Waals surface area (Å²) in [6.07, 6.45) is 9.84. The van der Waals surface area contributed by atoms with Crippen LogP contribution in [0.2, 0.25) is 0 Å². The zero-order valence-electron chi connectivity index (χ0n) is 19.2. The molecule has 180 valence electrons. The number of hydrogen-bond donors (Lipinski definition) is 2. The molecule has 2 N–H and O–H groups in total. The second-order valence-electron chi connectivity index (χ2n) is 8.83. The molecule has 2 aromatic rings. The maximum atomic E-state index is 12.3. The SMILES string of the molecule is O=[N+]([O-])c1ccccc1S(=O)(=O)NCCCCCCCCNCC1CCc2ccccc2C1. The van der Waals surface area contributed by atoms with Gasteiger partial charge in [0.25, 0.3) is 5.69 Å². The number of nitrogens with one attached hydrogen (secondary N) is 2. The number of nitrogens with zero attached hydrogens (tertiary/aromatic N) is 1. The molecule has 0 radical (unpaired) electrons. The van der Waals surface area contributed by atoms with Crippen LogP contribution in [0.1, 0.15) is 56.1 Å². The monoisotopic (exact) mass is 473 g/mol. The molecule has 3 rings (SSSR count). The van der Waals surface area contributed by atoms with E-state index in [1.54, 1.807) is 0 Å². The number of aryl methyl sites for hydroxylation is 1. The van der Waals surface area contributed by atoms with E-state index in [2.05, 4.69) is 34.3 Å². The number of benzene rings is 2. The smallest absolute Gasteiger partial charge is 0.289 e. The highest BCUT2D eigenvalue weighted by molar-refractivity contribution is 7.89. The van der Waals surface area contributed by atoms with Crippen molar-refractivity contribution in [1.29, 1.82) is 0 Å². The zero-order valence-corrected chi connectivity index (χ0v) is 20.0. The van der Waals surface area contributed by atoms with Crippen LogP contribution in [0.3, 0.4) is 0 Å². The largest absolute Gasteiger partial charge is 0.316 e. The van der Waals surface area contributed by atoms with E-state index in [1.165, 1.54) is 61.1 Å². The van der Waals surface area contributed by atoms with E-state index in [4.69, 9.17) is 0 Å². The summed E-state index contributed by atoms with van der Waals surface area (Å²) >= 11 is 0. The molecular formula is C25H35N3O4S. The lowest BCUT2D eigenvalue weighted by atomic mass is 9.84. The number of rotatable bonds is 14. The maximum absolute atomic E-state index is 12.3. The third-order valence-electron chi connectivity index (χ3n) is 6.31. The Bertz CT molecular complexity index is 1010. The summed E-state index contributed by atoms with van der Waals surface area (Å²) in [6, 6.07) is 14.2. The van der Waals surface area contributed by atoms with Crippen LogP contribution in [0, 0.1) is 16.0 Å². The van der Waals surface area contributed by atoms with Crippen molar-refractivity contribution in [2.75, 3.05) is 19.6 Å². The van der Waals surface area contributed by atoms with Crippen LogP contribution in [-0.2, 0) is 22.9 Å². The van der Waals surface area contributed by atoms with Crippen LogP contribution in [0.25, 0.3) is 0 Å². The van der Waals surface area contributed by atoms with Crippen LogP contribution < -0.4 is 10.0 Å². The number of hydrogen-bond acceptors (Lipinski definition) is 5. The van der Waals surface area contributed by atoms with E-state index in [9.17, 15) is 18.5 Å². The average molecular weight is 474 g/mol. The predicted octanol–water partition coefficient (Wildman–Crippen LogP) is 4.61. The summed E-state index contributed by atoms with van der Waals surface area (Å²) in [4.78, 5) is 10.1. The van der Waals surface area contributed by atoms with Crippen LogP contribution in [0.5, 0.6) is 0 Å². The van der Waals surface area contributed by atoms with E-state index in [-0.39, 0.29) is 4.90 Å². The van der Waals surface area contributed by atoms with E-state index >= 15 is 0 Å². The zero-order chi connectivity index (χ0) is 23.5. The molecule has 0 saturated carbocycles. The molecule has 0 saturated heterocycles. The third-order valence-corrected chi connectivity index (χ3v) is 7.81. The van der Waals surface area contributed by atoms with Gasteiger partial charge in [0.15, 0.2) is 4.90 Å². The van der Waals surface area contributed by atoms with Gasteiger partial charge in [-0.1, -0.05) is 62.1 Å². The molecule has 0 heterocycles. The quantitative estimate of drug-likeness (QED) is 0.237. The highest BCUT2D eigenvalue weighted by atomic mass is 32.2. The van der Waals surface area contributed by atoms with E-state index in [0.717, 1.165) is 51.1 Å². The summed E-state index contributed by atoms with van der Waals surface area (Å²) in [5, 5.41) is 14.7. The predicted molar refractivity (Wildman–Crippen MR) is 131 cm³/mol. The Hall–Kier alpha value is -2.29. The Kier molecular flexibility index (Phi) is 9.84. The summed E-state index contributed by atoms with van der Waals surface area (Å²) in [5.41, 5.74) is 2.63. The second kappa shape index (κ2) is 12.8. The first-order chi connectivity index (χ1) is 16.0. The van der Waals surface area contributed by atoms with Gasteiger partial charge in [0.2, 0.25) is 10.0 Å². The molecule has 33 heavy (non-hydrogen) atoms. The molecular weight excluding hydrogens is 438 g/mol. The van der Waals surface area contributed by atoms with Crippen molar-refractivity contribution >= 4 is 15.7 Å². The van der Waals surface area contributed by atoms with Gasteiger partial charge >= 0.3 is 0 Å². The van der Waals surface area contributed by atoms with Crippen molar-refractivity contribution in [2.45, 2.75) is 62.7 Å². The van der Waals surface area contributed by atoms with Crippen molar-refractivity contribution in [3.8, 4) is 0 Å². The molecule has 0 aliphatic heterocycles. The average Bonchev–Trinajstić information content (AvgIpc) is 2.82. The molecule has 0 amide bonds. The van der Waals surface area contributed by atoms with Crippen molar-refractivity contribution in [3.63, 3.8) is 0 Å². The summed E-state index contributed by atoms with van der Waals surface area (Å²) in [5.74, 6) is 0.737. The molecule has 1 aliphatic carbocycles. The maximum Gasteiger partial charge on any atom is 0.289 e. The molecule has 0 aromatic heterocycles. The van der Waals surface area contributed by atoms with Gasteiger partial charge in [-0.25, -0.2) is 13.1 Å². The van der Waals surface area contributed by atoms with Crippen LogP contribution in [-0.4, -0.2) is 33.0 Å². The first-order valence-corrected chi connectivity index (χ1v) is 13.5. The minimum atomic E-state index is -3.87. The third kappa shape index (κ3) is 7.91. The van der Waals surface area contributed by atoms with Crippen molar-refractivity contribution in [1.82, 2.24) is 10.0 Å². The topological polar surface area (TPSA) is 101 Å². The van der Waals surface area contributed by atoms with E-state index in [1.807, 2.05) is 0 Å². The minimum absolute atomic E-state index is 0.278. The van der Waals surface area contributed by atoms with Crippen LogP contribution >= 0.6 is 0 Å². The van der Waals surface area contributed by atoms with E-state index in [0.29, 0.717) is 6.54 Å². The van der Waals surface area contributed by atoms with Gasteiger partial charge in [0.1, 0.15) is 0 Å². The number of unbranched alkanes of at least 4 members (excludes halogenated alkanes) is 5. The standard InChI is InChI=1S/C25H35N3O4S/c29-28(30)24-13-7-8-14-25(24)33(31,32)27-18-10-4-2-1-3-9-17-26-20-21-15-16-22-11-5-6-12-23(22)19-21/h5-8,11-14,21,26-27H,1-4,9-10,15-20H2.